The van der Waals surface area contributed by atoms with Crippen molar-refractivity contribution >= 4 is 5.97 Å². The molecular formula is C126H176O20. The van der Waals surface area contributed by atoms with Gasteiger partial charge in [-0.05, 0) is 393 Å². The fourth-order valence-electron chi connectivity index (χ4n) is 26.2. The number of fused-ring (bicyclic) bond motifs is 6. The number of aliphatic hydroxyl groups is 2. The van der Waals surface area contributed by atoms with Crippen LogP contribution in [0.25, 0.3) is 0 Å². The Bertz CT molecular complexity index is 4750. The lowest BCUT2D eigenvalue weighted by Crippen LogP contribution is -2.40. The van der Waals surface area contributed by atoms with E-state index in [0.29, 0.717) is 104 Å². The summed E-state index contributed by atoms with van der Waals surface area (Å²) in [6, 6.07) is 49.8. The number of rotatable bonds is 43. The Labute approximate surface area is 872 Å². The van der Waals surface area contributed by atoms with E-state index < -0.39 is 12.2 Å². The molecule has 0 radical (unpaired) electrons. The van der Waals surface area contributed by atoms with Gasteiger partial charge < -0.3 is 90.7 Å². The molecule has 17 unspecified atom stereocenters. The molecule has 20 heteroatoms. The Morgan fingerprint density at radius 1 is 0.281 bits per heavy atom. The molecule has 18 aliphatic rings. The maximum absolute atomic E-state index is 12.0. The summed E-state index contributed by atoms with van der Waals surface area (Å²) in [6.45, 7) is 33.1. The van der Waals surface area contributed by atoms with Crippen LogP contribution in [0.2, 0.25) is 0 Å². The monoisotopic (exact) mass is 2010 g/mol. The van der Waals surface area contributed by atoms with Gasteiger partial charge in [-0.1, -0.05) is 142 Å². The normalized spacial score (nSPS) is 32.4. The van der Waals surface area contributed by atoms with Gasteiger partial charge in [0.1, 0.15) is 97.5 Å². The Morgan fingerprint density at radius 2 is 0.589 bits per heavy atom. The molecule has 6 aliphatic heterocycles. The van der Waals surface area contributed by atoms with Gasteiger partial charge in [0.2, 0.25) is 0 Å². The summed E-state index contributed by atoms with van der Waals surface area (Å²) in [5.41, 5.74) is 7.66. The molecule has 0 spiro atoms. The maximum Gasteiger partial charge on any atom is 0.309 e. The Balaban J connectivity index is 0.000000119. The van der Waals surface area contributed by atoms with E-state index >= 15 is 0 Å². The molecule has 6 saturated heterocycles. The number of hydrogen-bond acceptors (Lipinski definition) is 20. The smallest absolute Gasteiger partial charge is 0.309 e. The zero-order valence-electron chi connectivity index (χ0n) is 89.8. The van der Waals surface area contributed by atoms with E-state index in [1.54, 1.807) is 12.8 Å². The standard InChI is InChI=1S/C40H46O6.C39H68O7.C22H26O3.C15H22O3.C10H14O/c1-39(2,29-7-15-34(16-8-29)42-23-28-5-6-28)30-9-17-35(18-10-30)43-24-33(41)25-44-36-19-11-31(12-20-36)40(3,4)32-13-21-37(22-14-32)45-26-38-27-46-38;1-38(2,29-9-17-34(18-10-29)43-23-36-25-45-36)27-5-13-32(14-6-27)41-21-31(40)22-42-33-15-7-28(8-16-33)39(3,4)30-11-19-35(20-12-30)44-24-37-26-46-37;1-22(2,17-5-9-19(10-6-17)23-13-16-3-4-16)18-7-11-20(12-8-18)24-14-21-15-25-21;16-15(11-3-4-13-14(7-11)18-13)17-8-9-1-2-10-6-12(10)5-9;1-5-2-7(5)8-4-10-9(11-10)3-6(1)8/h7-22,28,33,38,41H,5-6,23-27H2,1-4H3;27-37,40H,5-26H2,1-4H3;5-12,16,21H,3-4,13-15H2,1-2H3;9-14H,1-8H2;5-10H,1-4H2. The third-order valence-corrected chi connectivity index (χ3v) is 38.1. The third-order valence-electron chi connectivity index (χ3n) is 38.1. The van der Waals surface area contributed by atoms with Crippen LogP contribution >= 0.6 is 0 Å². The van der Waals surface area contributed by atoms with Crippen molar-refractivity contribution in [3.05, 3.63) is 179 Å². The highest BCUT2D eigenvalue weighted by Gasteiger charge is 2.60. The molecule has 6 aromatic carbocycles. The highest BCUT2D eigenvalue weighted by atomic mass is 16.6. The summed E-state index contributed by atoms with van der Waals surface area (Å²) in [6.07, 6.45) is 42.6. The van der Waals surface area contributed by atoms with Gasteiger partial charge in [-0.25, -0.2) is 0 Å². The summed E-state index contributed by atoms with van der Waals surface area (Å²) < 4.78 is 97.3. The van der Waals surface area contributed by atoms with Gasteiger partial charge in [0, 0.05) is 16.2 Å². The minimum atomic E-state index is -0.764. The van der Waals surface area contributed by atoms with Crippen LogP contribution in [0.5, 0.6) is 34.5 Å². The highest BCUT2D eigenvalue weighted by Crippen LogP contribution is 2.65. The molecule has 0 amide bonds. The average molecular weight is 2010 g/mol. The number of esters is 1. The summed E-state index contributed by atoms with van der Waals surface area (Å²) in [5, 5.41) is 21.3. The Morgan fingerprint density at radius 3 is 0.952 bits per heavy atom. The van der Waals surface area contributed by atoms with Gasteiger partial charge in [0.25, 0.3) is 0 Å². The predicted molar refractivity (Wildman–Crippen MR) is 566 cm³/mol. The van der Waals surface area contributed by atoms with Crippen LogP contribution < -0.4 is 28.4 Å². The second-order valence-electron chi connectivity index (χ2n) is 50.6. The van der Waals surface area contributed by atoms with Gasteiger partial charge in [-0.3, -0.25) is 4.79 Å². The summed E-state index contributed by atoms with van der Waals surface area (Å²) >= 11 is 0. The predicted octanol–water partition coefficient (Wildman–Crippen LogP) is 24.2. The molecule has 20 nitrogen and oxygen atoms in total. The molecule has 6 aromatic rings. The molecule has 17 atom stereocenters. The van der Waals surface area contributed by atoms with E-state index in [9.17, 15) is 15.0 Å². The lowest BCUT2D eigenvalue weighted by molar-refractivity contribution is -0.151. The fraction of sp³-hybridized carbons (Fsp3) is 0.706. The molecular weight excluding hydrogens is 1830 g/mol. The van der Waals surface area contributed by atoms with Crippen molar-refractivity contribution in [3.8, 4) is 34.5 Å². The number of carbonyl (C=O) groups is 1. The van der Waals surface area contributed by atoms with Crippen molar-refractivity contribution in [2.75, 3.05) is 99.1 Å². The van der Waals surface area contributed by atoms with Crippen LogP contribution in [-0.4, -0.2) is 201 Å². The molecule has 0 bridgehead atoms. The summed E-state index contributed by atoms with van der Waals surface area (Å²) in [7, 11) is 0. The van der Waals surface area contributed by atoms with Crippen LogP contribution in [0.15, 0.2) is 146 Å². The second kappa shape index (κ2) is 47.8. The lowest BCUT2D eigenvalue weighted by Gasteiger charge is -2.46. The van der Waals surface area contributed by atoms with Crippen LogP contribution in [0.4, 0.5) is 0 Å². The van der Waals surface area contributed by atoms with Gasteiger partial charge in [-0.15, -0.1) is 0 Å². The van der Waals surface area contributed by atoms with E-state index in [-0.39, 0.29) is 65.8 Å². The number of ether oxygens (including phenoxy) is 17. The van der Waals surface area contributed by atoms with Gasteiger partial charge in [-0.2, -0.15) is 0 Å². The van der Waals surface area contributed by atoms with E-state index in [2.05, 4.69) is 166 Å². The molecule has 2 N–H and O–H groups in total. The first-order chi connectivity index (χ1) is 70.6. The zero-order chi connectivity index (χ0) is 101. The first kappa shape index (κ1) is 106. The highest BCUT2D eigenvalue weighted by molar-refractivity contribution is 5.72. The van der Waals surface area contributed by atoms with Crippen LogP contribution in [-0.2, 0) is 73.1 Å². The molecule has 12 aliphatic carbocycles. The molecule has 24 rings (SSSR count). The van der Waals surface area contributed by atoms with Gasteiger partial charge >= 0.3 is 5.97 Å². The minimum absolute atomic E-state index is 0.0434. The Kier molecular flexibility index (Phi) is 34.7. The van der Waals surface area contributed by atoms with Crippen molar-refractivity contribution in [3.63, 3.8) is 0 Å². The molecule has 0 aromatic heterocycles. The number of aliphatic hydroxyl groups excluding tert-OH is 2. The number of benzene rings is 6. The first-order valence-electron chi connectivity index (χ1n) is 57.8. The van der Waals surface area contributed by atoms with Crippen molar-refractivity contribution < 1.29 is 95.5 Å². The third kappa shape index (κ3) is 29.8. The van der Waals surface area contributed by atoms with Crippen LogP contribution in [0.3, 0.4) is 0 Å². The molecule has 18 fully saturated rings. The lowest BCUT2D eigenvalue weighted by atomic mass is 9.60. The minimum Gasteiger partial charge on any atom is -0.493 e. The largest absolute Gasteiger partial charge is 0.493 e. The van der Waals surface area contributed by atoms with E-state index in [1.165, 1.54) is 181 Å². The van der Waals surface area contributed by atoms with Crippen molar-refractivity contribution in [2.45, 2.75) is 370 Å². The second-order valence-corrected chi connectivity index (χ2v) is 50.6. The average Bonchev–Trinajstić information content (AvgIpc) is 1.56. The molecule has 6 heterocycles. The zero-order valence-corrected chi connectivity index (χ0v) is 89.8. The first-order valence-corrected chi connectivity index (χ1v) is 57.8. The summed E-state index contributed by atoms with van der Waals surface area (Å²) in [5.74, 6) is 17.0. The number of epoxide rings is 6. The van der Waals surface area contributed by atoms with Crippen molar-refractivity contribution in [2.24, 2.45) is 93.7 Å². The Hall–Kier alpha value is -6.89. The number of carbonyl (C=O) groups excluding carboxylic acids is 1. The molecule has 800 valence electrons. The molecule has 146 heavy (non-hydrogen) atoms. The number of hydrogen-bond donors (Lipinski definition) is 2. The topological polar surface area (TPSA) is 234 Å². The maximum atomic E-state index is 12.0. The van der Waals surface area contributed by atoms with E-state index in [1.807, 2.05) is 48.5 Å². The van der Waals surface area contributed by atoms with Crippen LogP contribution in [0, 0.1) is 93.7 Å². The van der Waals surface area contributed by atoms with Crippen LogP contribution in [0.1, 0.15) is 302 Å². The fourth-order valence-corrected chi connectivity index (χ4v) is 26.2. The van der Waals surface area contributed by atoms with Crippen molar-refractivity contribution in [1.82, 2.24) is 0 Å². The van der Waals surface area contributed by atoms with Gasteiger partial charge in [0.05, 0.1) is 127 Å². The van der Waals surface area contributed by atoms with Gasteiger partial charge in [0.15, 0.2) is 0 Å². The summed E-state index contributed by atoms with van der Waals surface area (Å²) in [4.78, 5) is 12.0. The SMILES string of the molecule is C1C2CC2C2CC3OC3CC12.CC(C)(C1CCC(OCC(O)COC2CCC(C(C)(C)C3CCC(OCC4CO4)CC3)CC2)CC1)C1CCC(OCC2CO2)CC1.CC(C)(c1ccc(OCC(O)COc2ccc(C(C)(C)c3ccc(OCC4CO4)cc3)cc2)cc1)c1ccc(OCC2CC2)cc1.CC(C)(c1ccc(OCC2CC2)cc1)c1ccc(OCC2CO2)cc1.O=C(OCC1CCC2CC2C1)C1CCC2OC2C1. The van der Waals surface area contributed by atoms with Crippen molar-refractivity contribution in [1.29, 1.82) is 0 Å². The molecule has 12 saturated carbocycles. The van der Waals surface area contributed by atoms with E-state index in [0.717, 1.165) is 192 Å². The quantitative estimate of drug-likeness (QED) is 0.0267. The van der Waals surface area contributed by atoms with E-state index in [4.69, 9.17) is 80.5 Å².